The van der Waals surface area contributed by atoms with Crippen molar-refractivity contribution in [2.75, 3.05) is 26.4 Å². The number of hydrogen-bond donors (Lipinski definition) is 0. The molecule has 0 bridgehead atoms. The van der Waals surface area contributed by atoms with Crippen LogP contribution in [0.25, 0.3) is 9.75 Å². The average molecular weight is 308 g/mol. The Balaban J connectivity index is 1.87. The molecule has 2 aromatic rings. The standard InChI is InChI=1S/C14H12O4S2/c1-7-19-11-9(1)13(15-3-4-16-13)14(17-5-6-18-14)10-2-8-20-12(10)11/h1-2,7-8H,3-6H2. The number of thiophene rings is 2. The Morgan fingerprint density at radius 2 is 1.10 bits per heavy atom. The van der Waals surface area contributed by atoms with Gasteiger partial charge in [0.1, 0.15) is 0 Å². The first-order valence-electron chi connectivity index (χ1n) is 6.59. The Bertz CT molecular complexity index is 604. The van der Waals surface area contributed by atoms with Crippen LogP contribution in [0.4, 0.5) is 0 Å². The van der Waals surface area contributed by atoms with Gasteiger partial charge in [-0.05, 0) is 22.9 Å². The lowest BCUT2D eigenvalue weighted by atomic mass is 9.85. The van der Waals surface area contributed by atoms with E-state index in [2.05, 4.69) is 22.9 Å². The van der Waals surface area contributed by atoms with Gasteiger partial charge in [-0.1, -0.05) is 0 Å². The lowest BCUT2D eigenvalue weighted by Gasteiger charge is -2.44. The molecule has 0 atom stereocenters. The van der Waals surface area contributed by atoms with Gasteiger partial charge in [-0.15, -0.1) is 22.7 Å². The van der Waals surface area contributed by atoms with Crippen molar-refractivity contribution in [2.45, 2.75) is 11.6 Å². The van der Waals surface area contributed by atoms with E-state index in [1.807, 2.05) is 0 Å². The van der Waals surface area contributed by atoms with E-state index < -0.39 is 11.6 Å². The van der Waals surface area contributed by atoms with E-state index in [9.17, 15) is 0 Å². The van der Waals surface area contributed by atoms with Crippen LogP contribution in [0.15, 0.2) is 22.9 Å². The summed E-state index contributed by atoms with van der Waals surface area (Å²) < 4.78 is 24.3. The first-order valence-corrected chi connectivity index (χ1v) is 8.35. The van der Waals surface area contributed by atoms with Crippen molar-refractivity contribution in [1.29, 1.82) is 0 Å². The highest BCUT2D eigenvalue weighted by molar-refractivity contribution is 7.20. The zero-order valence-corrected chi connectivity index (χ0v) is 12.2. The van der Waals surface area contributed by atoms with Crippen LogP contribution in [0.2, 0.25) is 0 Å². The van der Waals surface area contributed by atoms with Gasteiger partial charge in [0.2, 0.25) is 0 Å². The number of hydrogen-bond acceptors (Lipinski definition) is 6. The maximum Gasteiger partial charge on any atom is 0.257 e. The van der Waals surface area contributed by atoms with Crippen LogP contribution in [-0.2, 0) is 30.5 Å². The zero-order valence-electron chi connectivity index (χ0n) is 10.6. The van der Waals surface area contributed by atoms with Crippen LogP contribution in [0.1, 0.15) is 11.1 Å². The monoisotopic (exact) mass is 308 g/mol. The minimum atomic E-state index is -0.951. The lowest BCUT2D eigenvalue weighted by molar-refractivity contribution is -0.365. The molecule has 20 heavy (non-hydrogen) atoms. The van der Waals surface area contributed by atoms with Crippen LogP contribution in [-0.4, -0.2) is 26.4 Å². The Morgan fingerprint density at radius 1 is 0.700 bits per heavy atom. The molecule has 0 radical (unpaired) electrons. The normalized spacial score (nSPS) is 25.2. The van der Waals surface area contributed by atoms with Crippen molar-refractivity contribution in [3.05, 3.63) is 34.0 Å². The largest absolute Gasteiger partial charge is 0.339 e. The fourth-order valence-corrected chi connectivity index (χ4v) is 5.42. The highest BCUT2D eigenvalue weighted by Crippen LogP contribution is 2.61. The molecule has 2 aromatic heterocycles. The smallest absolute Gasteiger partial charge is 0.257 e. The fraction of sp³-hybridized carbons (Fsp3) is 0.429. The van der Waals surface area contributed by atoms with Gasteiger partial charge >= 0.3 is 0 Å². The van der Waals surface area contributed by atoms with Crippen molar-refractivity contribution >= 4 is 22.7 Å². The molecule has 1 aliphatic carbocycles. The summed E-state index contributed by atoms with van der Waals surface area (Å²) in [6, 6.07) is 4.14. The van der Waals surface area contributed by atoms with Gasteiger partial charge in [-0.3, -0.25) is 0 Å². The molecule has 104 valence electrons. The quantitative estimate of drug-likeness (QED) is 0.750. The van der Waals surface area contributed by atoms with E-state index in [1.54, 1.807) is 22.7 Å². The molecule has 2 spiro atoms. The van der Waals surface area contributed by atoms with Gasteiger partial charge in [0.25, 0.3) is 11.6 Å². The second-order valence-corrected chi connectivity index (χ2v) is 6.79. The third-order valence-corrected chi connectivity index (χ3v) is 6.06. The van der Waals surface area contributed by atoms with Crippen LogP contribution >= 0.6 is 22.7 Å². The highest BCUT2D eigenvalue weighted by Gasteiger charge is 2.67. The van der Waals surface area contributed by atoms with Crippen LogP contribution in [0.3, 0.4) is 0 Å². The maximum absolute atomic E-state index is 6.07. The summed E-state index contributed by atoms with van der Waals surface area (Å²) in [5.41, 5.74) is 2.08. The lowest BCUT2D eigenvalue weighted by Crippen LogP contribution is -2.53. The molecule has 0 N–H and O–H groups in total. The maximum atomic E-state index is 6.07. The van der Waals surface area contributed by atoms with Gasteiger partial charge < -0.3 is 18.9 Å². The predicted molar refractivity (Wildman–Crippen MR) is 74.8 cm³/mol. The van der Waals surface area contributed by atoms with Crippen molar-refractivity contribution in [3.63, 3.8) is 0 Å². The molecule has 6 heteroatoms. The molecule has 2 fully saturated rings. The van der Waals surface area contributed by atoms with Gasteiger partial charge in [-0.2, -0.15) is 0 Å². The van der Waals surface area contributed by atoms with Crippen molar-refractivity contribution < 1.29 is 18.9 Å². The van der Waals surface area contributed by atoms with E-state index in [4.69, 9.17) is 18.9 Å². The molecule has 4 heterocycles. The third-order valence-electron chi connectivity index (χ3n) is 4.07. The number of rotatable bonds is 0. The van der Waals surface area contributed by atoms with Gasteiger partial charge in [-0.25, -0.2) is 0 Å². The van der Waals surface area contributed by atoms with Crippen LogP contribution in [0.5, 0.6) is 0 Å². The summed E-state index contributed by atoms with van der Waals surface area (Å²) in [6.45, 7) is 2.24. The molecular formula is C14H12O4S2. The van der Waals surface area contributed by atoms with Gasteiger partial charge in [0, 0.05) is 11.1 Å². The summed E-state index contributed by atoms with van der Waals surface area (Å²) >= 11 is 3.43. The van der Waals surface area contributed by atoms with E-state index >= 15 is 0 Å². The topological polar surface area (TPSA) is 36.9 Å². The number of ether oxygens (including phenoxy) is 4. The van der Waals surface area contributed by atoms with E-state index in [-0.39, 0.29) is 0 Å². The molecule has 2 saturated heterocycles. The van der Waals surface area contributed by atoms with E-state index in [0.29, 0.717) is 26.4 Å². The molecular weight excluding hydrogens is 296 g/mol. The zero-order chi connectivity index (χ0) is 13.2. The minimum Gasteiger partial charge on any atom is -0.339 e. The first-order chi connectivity index (χ1) is 9.87. The SMILES string of the molecule is c1cc2c(s1)-c1sccc1C1(OCCO1)C21OCCO1. The Hall–Kier alpha value is -0.760. The Labute approximate surface area is 123 Å². The highest BCUT2D eigenvalue weighted by atomic mass is 32.1. The van der Waals surface area contributed by atoms with E-state index in [1.165, 1.54) is 9.75 Å². The molecule has 0 saturated carbocycles. The molecule has 0 aromatic carbocycles. The summed E-state index contributed by atoms with van der Waals surface area (Å²) in [7, 11) is 0. The second kappa shape index (κ2) is 3.91. The Kier molecular flexibility index (Phi) is 2.32. The van der Waals surface area contributed by atoms with Crippen LogP contribution < -0.4 is 0 Å². The minimum absolute atomic E-state index is 0.559. The fourth-order valence-electron chi connectivity index (χ4n) is 3.36. The van der Waals surface area contributed by atoms with Crippen molar-refractivity contribution in [2.24, 2.45) is 0 Å². The molecule has 4 nitrogen and oxygen atoms in total. The first kappa shape index (κ1) is 11.9. The molecule has 0 unspecified atom stereocenters. The second-order valence-electron chi connectivity index (χ2n) is 4.95. The van der Waals surface area contributed by atoms with Crippen LogP contribution in [0, 0.1) is 0 Å². The summed E-state index contributed by atoms with van der Waals surface area (Å²) in [4.78, 5) is 2.42. The summed E-state index contributed by atoms with van der Waals surface area (Å²) in [5.74, 6) is -1.90. The third kappa shape index (κ3) is 1.17. The van der Waals surface area contributed by atoms with Crippen molar-refractivity contribution in [3.8, 4) is 9.75 Å². The molecule has 0 amide bonds. The van der Waals surface area contributed by atoms with E-state index in [0.717, 1.165) is 11.1 Å². The molecule has 3 aliphatic rings. The predicted octanol–water partition coefficient (Wildman–Crippen LogP) is 2.89. The van der Waals surface area contributed by atoms with Crippen molar-refractivity contribution in [1.82, 2.24) is 0 Å². The molecule has 5 rings (SSSR count). The van der Waals surface area contributed by atoms with Gasteiger partial charge in [0.15, 0.2) is 0 Å². The summed E-state index contributed by atoms with van der Waals surface area (Å²) in [5, 5.41) is 4.16. The van der Waals surface area contributed by atoms with Gasteiger partial charge in [0.05, 0.1) is 36.2 Å². The Morgan fingerprint density at radius 3 is 1.50 bits per heavy atom. The summed E-state index contributed by atoms with van der Waals surface area (Å²) in [6.07, 6.45) is 0. The average Bonchev–Trinajstić information content (AvgIpc) is 3.22. The molecule has 2 aliphatic heterocycles. The number of fused-ring (bicyclic) bond motifs is 6.